The number of methoxy groups -OCH3 is 1. The van der Waals surface area contributed by atoms with Crippen molar-refractivity contribution >= 4 is 23.3 Å². The maximum Gasteiger partial charge on any atom is 0.319 e. The summed E-state index contributed by atoms with van der Waals surface area (Å²) in [5.74, 6) is 0.284. The number of amides is 3. The van der Waals surface area contributed by atoms with Crippen LogP contribution in [-0.2, 0) is 11.3 Å². The van der Waals surface area contributed by atoms with Gasteiger partial charge in [-0.15, -0.1) is 0 Å². The zero-order valence-electron chi connectivity index (χ0n) is 14.0. The van der Waals surface area contributed by atoms with E-state index >= 15 is 0 Å². The third kappa shape index (κ3) is 5.01. The number of hydrogen-bond acceptors (Lipinski definition) is 3. The normalized spacial score (nSPS) is 9.96. The summed E-state index contributed by atoms with van der Waals surface area (Å²) in [6.45, 7) is 3.87. The molecule has 2 rings (SSSR count). The number of benzene rings is 2. The van der Waals surface area contributed by atoms with E-state index in [-0.39, 0.29) is 11.9 Å². The van der Waals surface area contributed by atoms with Crippen molar-refractivity contribution < 1.29 is 14.3 Å². The van der Waals surface area contributed by atoms with Gasteiger partial charge in [0.1, 0.15) is 5.75 Å². The number of urea groups is 1. The second-order valence-corrected chi connectivity index (χ2v) is 5.39. The molecule has 0 bridgehead atoms. The summed E-state index contributed by atoms with van der Waals surface area (Å²) in [5.41, 5.74) is 3.30. The van der Waals surface area contributed by atoms with Crippen LogP contribution in [0.25, 0.3) is 0 Å². The van der Waals surface area contributed by atoms with Crippen molar-refractivity contribution in [1.82, 2.24) is 5.32 Å². The Kier molecular flexibility index (Phi) is 5.78. The molecule has 0 aliphatic carbocycles. The van der Waals surface area contributed by atoms with Crippen LogP contribution in [0.3, 0.4) is 0 Å². The zero-order valence-corrected chi connectivity index (χ0v) is 14.0. The molecule has 24 heavy (non-hydrogen) atoms. The van der Waals surface area contributed by atoms with E-state index in [0.717, 1.165) is 11.1 Å². The molecule has 0 saturated heterocycles. The van der Waals surface area contributed by atoms with Crippen LogP contribution in [0.4, 0.5) is 16.2 Å². The number of rotatable bonds is 5. The molecule has 3 N–H and O–H groups in total. The minimum atomic E-state index is -0.314. The van der Waals surface area contributed by atoms with E-state index in [1.165, 1.54) is 14.0 Å². The van der Waals surface area contributed by atoms with Crippen LogP contribution in [0.2, 0.25) is 0 Å². The maximum absolute atomic E-state index is 12.0. The van der Waals surface area contributed by atoms with E-state index in [1.807, 2.05) is 31.2 Å². The standard InChI is InChI=1S/C18H21N3O3/c1-12-5-4-6-14(9-12)11-19-18(23)21-15-7-8-16(20-13(2)22)17(10-15)24-3/h4-10H,11H2,1-3H3,(H,20,22)(H2,19,21,23). The van der Waals surface area contributed by atoms with E-state index in [9.17, 15) is 9.59 Å². The lowest BCUT2D eigenvalue weighted by Gasteiger charge is -2.12. The summed E-state index contributed by atoms with van der Waals surface area (Å²) in [5, 5.41) is 8.20. The van der Waals surface area contributed by atoms with Crippen LogP contribution in [0, 0.1) is 6.92 Å². The number of hydrogen-bond donors (Lipinski definition) is 3. The van der Waals surface area contributed by atoms with E-state index in [0.29, 0.717) is 23.7 Å². The average molecular weight is 327 g/mol. The van der Waals surface area contributed by atoms with Crippen molar-refractivity contribution in [3.63, 3.8) is 0 Å². The third-order valence-electron chi connectivity index (χ3n) is 3.31. The maximum atomic E-state index is 12.0. The number of carbonyl (C=O) groups excluding carboxylic acids is 2. The molecule has 0 radical (unpaired) electrons. The van der Waals surface area contributed by atoms with Gasteiger partial charge in [-0.05, 0) is 24.6 Å². The van der Waals surface area contributed by atoms with Gasteiger partial charge in [0.2, 0.25) is 5.91 Å². The number of ether oxygens (including phenoxy) is 1. The van der Waals surface area contributed by atoms with Crippen LogP contribution in [0.15, 0.2) is 42.5 Å². The second kappa shape index (κ2) is 8.01. The Morgan fingerprint density at radius 2 is 1.88 bits per heavy atom. The molecule has 6 nitrogen and oxygen atoms in total. The quantitative estimate of drug-likeness (QED) is 0.788. The predicted molar refractivity (Wildman–Crippen MR) is 94.3 cm³/mol. The van der Waals surface area contributed by atoms with Gasteiger partial charge in [-0.3, -0.25) is 4.79 Å². The van der Waals surface area contributed by atoms with Crippen LogP contribution in [0.1, 0.15) is 18.1 Å². The fourth-order valence-corrected chi connectivity index (χ4v) is 2.24. The van der Waals surface area contributed by atoms with Crippen molar-refractivity contribution in [2.45, 2.75) is 20.4 Å². The fraction of sp³-hybridized carbons (Fsp3) is 0.222. The van der Waals surface area contributed by atoms with Gasteiger partial charge < -0.3 is 20.7 Å². The minimum absolute atomic E-state index is 0.190. The first-order valence-corrected chi connectivity index (χ1v) is 7.54. The smallest absolute Gasteiger partial charge is 0.319 e. The van der Waals surface area contributed by atoms with Gasteiger partial charge in [-0.2, -0.15) is 0 Å². The Labute approximate surface area is 141 Å². The molecule has 0 unspecified atom stereocenters. The Balaban J connectivity index is 1.97. The lowest BCUT2D eigenvalue weighted by atomic mass is 10.1. The summed E-state index contributed by atoms with van der Waals surface area (Å²) in [6.07, 6.45) is 0. The third-order valence-corrected chi connectivity index (χ3v) is 3.31. The molecule has 0 spiro atoms. The molecule has 0 aliphatic rings. The van der Waals surface area contributed by atoms with Crippen LogP contribution >= 0.6 is 0 Å². The van der Waals surface area contributed by atoms with E-state index < -0.39 is 0 Å². The van der Waals surface area contributed by atoms with Gasteiger partial charge in [0.15, 0.2) is 0 Å². The van der Waals surface area contributed by atoms with Crippen molar-refractivity contribution in [3.05, 3.63) is 53.6 Å². The Morgan fingerprint density at radius 1 is 1.08 bits per heavy atom. The molecule has 126 valence electrons. The van der Waals surface area contributed by atoms with Crippen molar-refractivity contribution in [2.75, 3.05) is 17.7 Å². The van der Waals surface area contributed by atoms with Gasteiger partial charge in [0.05, 0.1) is 12.8 Å². The molecule has 0 aliphatic heterocycles. The topological polar surface area (TPSA) is 79.5 Å². The van der Waals surface area contributed by atoms with Crippen LogP contribution in [-0.4, -0.2) is 19.0 Å². The highest BCUT2D eigenvalue weighted by molar-refractivity contribution is 5.93. The summed E-state index contributed by atoms with van der Waals surface area (Å²) >= 11 is 0. The second-order valence-electron chi connectivity index (χ2n) is 5.39. The predicted octanol–water partition coefficient (Wildman–Crippen LogP) is 3.28. The van der Waals surface area contributed by atoms with Crippen LogP contribution < -0.4 is 20.7 Å². The molecular weight excluding hydrogens is 306 g/mol. The molecule has 0 atom stereocenters. The Hall–Kier alpha value is -3.02. The van der Waals surface area contributed by atoms with Crippen molar-refractivity contribution in [3.8, 4) is 5.75 Å². The highest BCUT2D eigenvalue weighted by atomic mass is 16.5. The lowest BCUT2D eigenvalue weighted by Crippen LogP contribution is -2.28. The monoisotopic (exact) mass is 327 g/mol. The van der Waals surface area contributed by atoms with Gasteiger partial charge in [0.25, 0.3) is 0 Å². The largest absolute Gasteiger partial charge is 0.494 e. The summed E-state index contributed by atoms with van der Waals surface area (Å²) < 4.78 is 5.22. The molecule has 2 aromatic rings. The first-order chi connectivity index (χ1) is 11.5. The molecule has 0 aromatic heterocycles. The number of anilines is 2. The van der Waals surface area contributed by atoms with E-state index in [2.05, 4.69) is 16.0 Å². The zero-order chi connectivity index (χ0) is 17.5. The first-order valence-electron chi connectivity index (χ1n) is 7.54. The molecular formula is C18H21N3O3. The highest BCUT2D eigenvalue weighted by Gasteiger charge is 2.08. The SMILES string of the molecule is COc1cc(NC(=O)NCc2cccc(C)c2)ccc1NC(C)=O. The number of nitrogens with one attached hydrogen (secondary N) is 3. The fourth-order valence-electron chi connectivity index (χ4n) is 2.24. The first kappa shape index (κ1) is 17.3. The minimum Gasteiger partial charge on any atom is -0.494 e. The van der Waals surface area contributed by atoms with Gasteiger partial charge in [-0.25, -0.2) is 4.79 Å². The van der Waals surface area contributed by atoms with E-state index in [4.69, 9.17) is 4.74 Å². The molecule has 2 aromatic carbocycles. The van der Waals surface area contributed by atoms with Crippen LogP contribution in [0.5, 0.6) is 5.75 Å². The summed E-state index contributed by atoms with van der Waals surface area (Å²) in [7, 11) is 1.50. The number of carbonyl (C=O) groups is 2. The number of aryl methyl sites for hydroxylation is 1. The molecule has 3 amide bonds. The highest BCUT2D eigenvalue weighted by Crippen LogP contribution is 2.27. The average Bonchev–Trinajstić information content (AvgIpc) is 2.54. The summed E-state index contributed by atoms with van der Waals surface area (Å²) in [4.78, 5) is 23.1. The van der Waals surface area contributed by atoms with E-state index in [1.54, 1.807) is 18.2 Å². The van der Waals surface area contributed by atoms with Gasteiger partial charge >= 0.3 is 6.03 Å². The molecule has 0 heterocycles. The summed E-state index contributed by atoms with van der Waals surface area (Å²) in [6, 6.07) is 12.6. The molecule has 0 saturated carbocycles. The van der Waals surface area contributed by atoms with Crippen molar-refractivity contribution in [1.29, 1.82) is 0 Å². The van der Waals surface area contributed by atoms with Crippen molar-refractivity contribution in [2.24, 2.45) is 0 Å². The molecule has 6 heteroatoms. The Bertz CT molecular complexity index is 744. The lowest BCUT2D eigenvalue weighted by molar-refractivity contribution is -0.114. The van der Waals surface area contributed by atoms with Gasteiger partial charge in [-0.1, -0.05) is 29.8 Å². The molecule has 0 fully saturated rings. The Morgan fingerprint density at radius 3 is 2.54 bits per heavy atom. The van der Waals surface area contributed by atoms with Gasteiger partial charge in [0, 0.05) is 25.2 Å².